The van der Waals surface area contributed by atoms with E-state index in [1.807, 2.05) is 25.1 Å². The summed E-state index contributed by atoms with van der Waals surface area (Å²) in [7, 11) is 1.40. The summed E-state index contributed by atoms with van der Waals surface area (Å²) < 4.78 is 4.56. The van der Waals surface area contributed by atoms with Crippen LogP contribution in [0.3, 0.4) is 0 Å². The number of ether oxygens (including phenoxy) is 1. The Kier molecular flexibility index (Phi) is 4.49. The number of rotatable bonds is 4. The van der Waals surface area contributed by atoms with Gasteiger partial charge in [-0.05, 0) is 18.6 Å². The van der Waals surface area contributed by atoms with Crippen molar-refractivity contribution in [2.75, 3.05) is 18.6 Å². The fourth-order valence-electron chi connectivity index (χ4n) is 1.13. The number of anilines is 1. The number of nitrogen functional groups attached to an aromatic ring is 1. The molecule has 82 valence electrons. The highest BCUT2D eigenvalue weighted by atomic mass is 32.2. The molecule has 0 aliphatic heterocycles. The predicted molar refractivity (Wildman–Crippen MR) is 62.9 cm³/mol. The number of para-hydroxylation sites is 1. The third kappa shape index (κ3) is 3.47. The number of hydrogen-bond donors (Lipinski definition) is 1. The summed E-state index contributed by atoms with van der Waals surface area (Å²) in [5.74, 6) is 0.508. The molecular formula is C11H15NO2S. The largest absolute Gasteiger partial charge is 0.469 e. The number of esters is 1. The first kappa shape index (κ1) is 11.9. The lowest BCUT2D eigenvalue weighted by Gasteiger charge is -2.06. The smallest absolute Gasteiger partial charge is 0.306 e. The molecule has 2 N–H and O–H groups in total. The van der Waals surface area contributed by atoms with Crippen molar-refractivity contribution in [3.63, 3.8) is 0 Å². The van der Waals surface area contributed by atoms with Crippen LogP contribution in [-0.4, -0.2) is 18.8 Å². The van der Waals surface area contributed by atoms with Crippen molar-refractivity contribution in [2.24, 2.45) is 0 Å². The van der Waals surface area contributed by atoms with E-state index < -0.39 is 0 Å². The molecule has 0 aliphatic carbocycles. The number of aryl methyl sites for hydroxylation is 1. The van der Waals surface area contributed by atoms with E-state index in [4.69, 9.17) is 5.73 Å². The van der Waals surface area contributed by atoms with Crippen molar-refractivity contribution in [2.45, 2.75) is 18.2 Å². The molecule has 0 radical (unpaired) electrons. The average molecular weight is 225 g/mol. The van der Waals surface area contributed by atoms with Crippen LogP contribution in [-0.2, 0) is 9.53 Å². The number of hydrogen-bond acceptors (Lipinski definition) is 4. The van der Waals surface area contributed by atoms with Gasteiger partial charge in [0.05, 0.1) is 13.5 Å². The first-order valence-electron chi connectivity index (χ1n) is 4.70. The monoisotopic (exact) mass is 225 g/mol. The summed E-state index contributed by atoms with van der Waals surface area (Å²) >= 11 is 1.58. The Hall–Kier alpha value is -1.16. The summed E-state index contributed by atoms with van der Waals surface area (Å²) in [6, 6.07) is 5.90. The van der Waals surface area contributed by atoms with Gasteiger partial charge in [0.1, 0.15) is 0 Å². The summed E-state index contributed by atoms with van der Waals surface area (Å²) in [6.07, 6.45) is 0.411. The summed E-state index contributed by atoms with van der Waals surface area (Å²) in [5, 5.41) is 0. The standard InChI is InChI=1S/C11H15NO2S/c1-8-4-3-5-9(11(8)12)15-7-6-10(13)14-2/h3-5H,6-7,12H2,1-2H3. The Balaban J connectivity index is 2.51. The third-order valence-corrected chi connectivity index (χ3v) is 3.15. The molecule has 0 amide bonds. The molecule has 0 aromatic heterocycles. The van der Waals surface area contributed by atoms with Gasteiger partial charge in [-0.2, -0.15) is 0 Å². The minimum atomic E-state index is -0.186. The number of benzene rings is 1. The van der Waals surface area contributed by atoms with Crippen molar-refractivity contribution < 1.29 is 9.53 Å². The molecule has 1 rings (SSSR count). The van der Waals surface area contributed by atoms with Crippen molar-refractivity contribution >= 4 is 23.4 Å². The van der Waals surface area contributed by atoms with Crippen molar-refractivity contribution in [1.29, 1.82) is 0 Å². The van der Waals surface area contributed by atoms with Crippen LogP contribution in [0.5, 0.6) is 0 Å². The summed E-state index contributed by atoms with van der Waals surface area (Å²) in [5.41, 5.74) is 7.76. The van der Waals surface area contributed by atoms with Gasteiger partial charge < -0.3 is 10.5 Å². The SMILES string of the molecule is COC(=O)CCSc1cccc(C)c1N. The van der Waals surface area contributed by atoms with Crippen LogP contribution in [0, 0.1) is 6.92 Å². The second kappa shape index (κ2) is 5.66. The maximum atomic E-state index is 10.9. The van der Waals surface area contributed by atoms with Crippen LogP contribution in [0.15, 0.2) is 23.1 Å². The van der Waals surface area contributed by atoms with Crippen molar-refractivity contribution in [3.8, 4) is 0 Å². The molecule has 1 aromatic rings. The maximum absolute atomic E-state index is 10.9. The molecule has 15 heavy (non-hydrogen) atoms. The normalized spacial score (nSPS) is 10.0. The van der Waals surface area contributed by atoms with E-state index in [2.05, 4.69) is 4.74 Å². The number of methoxy groups -OCH3 is 1. The second-order valence-electron chi connectivity index (χ2n) is 3.16. The maximum Gasteiger partial charge on any atom is 0.306 e. The van der Waals surface area contributed by atoms with Gasteiger partial charge in [0.2, 0.25) is 0 Å². The van der Waals surface area contributed by atoms with Gasteiger partial charge in [0.25, 0.3) is 0 Å². The molecule has 0 unspecified atom stereocenters. The number of thioether (sulfide) groups is 1. The predicted octanol–water partition coefficient (Wildman–Crippen LogP) is 2.23. The molecular weight excluding hydrogens is 210 g/mol. The highest BCUT2D eigenvalue weighted by molar-refractivity contribution is 7.99. The summed E-state index contributed by atoms with van der Waals surface area (Å²) in [6.45, 7) is 1.97. The van der Waals surface area contributed by atoms with Crippen LogP contribution in [0.25, 0.3) is 0 Å². The highest BCUT2D eigenvalue weighted by Crippen LogP contribution is 2.27. The number of nitrogens with two attached hydrogens (primary N) is 1. The summed E-state index contributed by atoms with van der Waals surface area (Å²) in [4.78, 5) is 11.9. The Labute approximate surface area is 94.0 Å². The minimum absolute atomic E-state index is 0.186. The van der Waals surface area contributed by atoms with E-state index in [1.165, 1.54) is 7.11 Å². The van der Waals surface area contributed by atoms with Gasteiger partial charge in [0.15, 0.2) is 0 Å². The Morgan fingerprint density at radius 2 is 2.27 bits per heavy atom. The Morgan fingerprint density at radius 1 is 1.53 bits per heavy atom. The van der Waals surface area contributed by atoms with Crippen LogP contribution < -0.4 is 5.73 Å². The van der Waals surface area contributed by atoms with Gasteiger partial charge in [-0.3, -0.25) is 4.79 Å². The van der Waals surface area contributed by atoms with E-state index in [0.29, 0.717) is 12.2 Å². The van der Waals surface area contributed by atoms with Crippen molar-refractivity contribution in [3.05, 3.63) is 23.8 Å². The minimum Gasteiger partial charge on any atom is -0.469 e. The van der Waals surface area contributed by atoms with Gasteiger partial charge in [-0.1, -0.05) is 12.1 Å². The van der Waals surface area contributed by atoms with Gasteiger partial charge >= 0.3 is 5.97 Å². The van der Waals surface area contributed by atoms with Gasteiger partial charge in [0, 0.05) is 16.3 Å². The second-order valence-corrected chi connectivity index (χ2v) is 4.30. The van der Waals surface area contributed by atoms with E-state index >= 15 is 0 Å². The Morgan fingerprint density at radius 3 is 2.93 bits per heavy atom. The number of carbonyl (C=O) groups excluding carboxylic acids is 1. The molecule has 0 spiro atoms. The van der Waals surface area contributed by atoms with E-state index in [1.54, 1.807) is 11.8 Å². The van der Waals surface area contributed by atoms with E-state index in [9.17, 15) is 4.79 Å². The van der Waals surface area contributed by atoms with E-state index in [0.717, 1.165) is 16.1 Å². The molecule has 0 saturated carbocycles. The Bertz CT molecular complexity index is 352. The third-order valence-electron chi connectivity index (χ3n) is 2.08. The molecule has 1 aromatic carbocycles. The first-order valence-corrected chi connectivity index (χ1v) is 5.68. The van der Waals surface area contributed by atoms with Gasteiger partial charge in [-0.25, -0.2) is 0 Å². The molecule has 0 atom stereocenters. The first-order chi connectivity index (χ1) is 7.15. The van der Waals surface area contributed by atoms with Crippen LogP contribution in [0.1, 0.15) is 12.0 Å². The molecule has 0 aliphatic rings. The van der Waals surface area contributed by atoms with Crippen LogP contribution in [0.2, 0.25) is 0 Å². The molecule has 3 nitrogen and oxygen atoms in total. The molecule has 0 fully saturated rings. The van der Waals surface area contributed by atoms with Crippen molar-refractivity contribution in [1.82, 2.24) is 0 Å². The topological polar surface area (TPSA) is 52.3 Å². The fraction of sp³-hybridized carbons (Fsp3) is 0.364. The average Bonchev–Trinajstić information content (AvgIpc) is 2.24. The van der Waals surface area contributed by atoms with Crippen LogP contribution >= 0.6 is 11.8 Å². The molecule has 0 heterocycles. The lowest BCUT2D eigenvalue weighted by molar-refractivity contribution is -0.140. The highest BCUT2D eigenvalue weighted by Gasteiger charge is 2.04. The lowest BCUT2D eigenvalue weighted by atomic mass is 10.2. The zero-order chi connectivity index (χ0) is 11.3. The fourth-order valence-corrected chi connectivity index (χ4v) is 2.11. The molecule has 4 heteroatoms. The zero-order valence-electron chi connectivity index (χ0n) is 8.95. The molecule has 0 saturated heterocycles. The van der Waals surface area contributed by atoms with Gasteiger partial charge in [-0.15, -0.1) is 11.8 Å². The zero-order valence-corrected chi connectivity index (χ0v) is 9.76. The quantitative estimate of drug-likeness (QED) is 0.485. The number of carbonyl (C=O) groups is 1. The molecule has 0 bridgehead atoms. The van der Waals surface area contributed by atoms with Crippen LogP contribution in [0.4, 0.5) is 5.69 Å². The lowest BCUT2D eigenvalue weighted by Crippen LogP contribution is -2.01. The van der Waals surface area contributed by atoms with E-state index in [-0.39, 0.29) is 5.97 Å².